The summed E-state index contributed by atoms with van der Waals surface area (Å²) in [5.41, 5.74) is 3.09. The number of hydrogen-bond acceptors (Lipinski definition) is 4. The highest BCUT2D eigenvalue weighted by molar-refractivity contribution is 5.02. The van der Waals surface area contributed by atoms with Gasteiger partial charge in [-0.1, -0.05) is 13.8 Å². The zero-order chi connectivity index (χ0) is 12.9. The maximum atomic E-state index is 6.15. The van der Waals surface area contributed by atoms with E-state index in [1.54, 1.807) is 0 Å². The lowest BCUT2D eigenvalue weighted by molar-refractivity contribution is -0.225. The van der Waals surface area contributed by atoms with Gasteiger partial charge < -0.3 is 10.1 Å². The normalized spacial score (nSPS) is 34.4. The zero-order valence-corrected chi connectivity index (χ0v) is 11.9. The van der Waals surface area contributed by atoms with Gasteiger partial charge in [-0.25, -0.2) is 0 Å². The smallest absolute Gasteiger partial charge is 0.193 e. The third-order valence-electron chi connectivity index (χ3n) is 3.41. The van der Waals surface area contributed by atoms with Crippen LogP contribution in [0.2, 0.25) is 0 Å². The van der Waals surface area contributed by atoms with Gasteiger partial charge in [0.1, 0.15) is 6.23 Å². The maximum Gasteiger partial charge on any atom is 0.193 e. The number of hydroxylamine groups is 1. The van der Waals surface area contributed by atoms with Gasteiger partial charge >= 0.3 is 0 Å². The quantitative estimate of drug-likeness (QED) is 0.739. The molecule has 0 amide bonds. The summed E-state index contributed by atoms with van der Waals surface area (Å²) in [4.78, 5) is 5.81. The summed E-state index contributed by atoms with van der Waals surface area (Å²) in [6, 6.07) is 0. The molecular formula is C13H26N2O2. The van der Waals surface area contributed by atoms with Crippen molar-refractivity contribution in [1.82, 2.24) is 10.8 Å². The van der Waals surface area contributed by atoms with Gasteiger partial charge in [0.25, 0.3) is 0 Å². The minimum absolute atomic E-state index is 0.000278. The Labute approximate surface area is 104 Å². The molecule has 2 heterocycles. The standard InChI is InChI=1S/C13H26N2O2/c1-9(2)10-14-17-13(16-10)7-11(3,4)15-12(5,6)8-13/h9-10,14-15H,7-8H2,1-6H3. The first kappa shape index (κ1) is 13.3. The van der Waals surface area contributed by atoms with E-state index in [0.717, 1.165) is 12.8 Å². The second kappa shape index (κ2) is 3.92. The largest absolute Gasteiger partial charge is 0.328 e. The molecule has 2 aliphatic heterocycles. The van der Waals surface area contributed by atoms with Crippen molar-refractivity contribution in [3.63, 3.8) is 0 Å². The molecule has 0 radical (unpaired) electrons. The predicted octanol–water partition coefficient (Wildman–Crippen LogP) is 2.16. The van der Waals surface area contributed by atoms with Gasteiger partial charge in [0, 0.05) is 23.9 Å². The van der Waals surface area contributed by atoms with Crippen LogP contribution in [-0.2, 0) is 9.57 Å². The Morgan fingerprint density at radius 1 is 1.06 bits per heavy atom. The molecule has 0 aromatic rings. The maximum absolute atomic E-state index is 6.15. The molecule has 0 saturated carbocycles. The van der Waals surface area contributed by atoms with Crippen LogP contribution in [0.3, 0.4) is 0 Å². The van der Waals surface area contributed by atoms with Gasteiger partial charge in [-0.05, 0) is 33.6 Å². The van der Waals surface area contributed by atoms with Crippen molar-refractivity contribution in [3.05, 3.63) is 0 Å². The number of piperidine rings is 1. The first-order valence-electron chi connectivity index (χ1n) is 6.54. The van der Waals surface area contributed by atoms with Crippen LogP contribution in [-0.4, -0.2) is 23.1 Å². The molecule has 2 saturated heterocycles. The number of ether oxygens (including phenoxy) is 1. The molecule has 1 spiro atoms. The lowest BCUT2D eigenvalue weighted by atomic mass is 9.78. The molecule has 1 unspecified atom stereocenters. The Morgan fingerprint density at radius 3 is 2.00 bits per heavy atom. The van der Waals surface area contributed by atoms with Crippen molar-refractivity contribution >= 4 is 0 Å². The summed E-state index contributed by atoms with van der Waals surface area (Å²) < 4.78 is 6.15. The van der Waals surface area contributed by atoms with Crippen LogP contribution in [0, 0.1) is 5.92 Å². The van der Waals surface area contributed by atoms with Crippen LogP contribution >= 0.6 is 0 Å². The van der Waals surface area contributed by atoms with Gasteiger partial charge in [-0.15, -0.1) is 0 Å². The van der Waals surface area contributed by atoms with Crippen molar-refractivity contribution in [2.24, 2.45) is 5.92 Å². The molecule has 0 aliphatic carbocycles. The second-order valence-electron chi connectivity index (χ2n) is 7.16. The van der Waals surface area contributed by atoms with E-state index in [9.17, 15) is 0 Å². The summed E-state index contributed by atoms with van der Waals surface area (Å²) >= 11 is 0. The molecule has 100 valence electrons. The van der Waals surface area contributed by atoms with Crippen molar-refractivity contribution in [2.75, 3.05) is 0 Å². The van der Waals surface area contributed by atoms with Gasteiger partial charge in [-0.2, -0.15) is 5.48 Å². The van der Waals surface area contributed by atoms with E-state index in [1.165, 1.54) is 0 Å². The second-order valence-corrected chi connectivity index (χ2v) is 7.16. The molecule has 2 aliphatic rings. The Kier molecular flexibility index (Phi) is 3.06. The Morgan fingerprint density at radius 2 is 1.59 bits per heavy atom. The van der Waals surface area contributed by atoms with Gasteiger partial charge in [0.15, 0.2) is 5.79 Å². The highest BCUT2D eigenvalue weighted by Gasteiger charge is 2.53. The molecule has 1 atom stereocenters. The van der Waals surface area contributed by atoms with E-state index in [4.69, 9.17) is 9.57 Å². The Bertz CT molecular complexity index is 284. The molecular weight excluding hydrogens is 216 g/mol. The van der Waals surface area contributed by atoms with Crippen LogP contribution < -0.4 is 10.8 Å². The van der Waals surface area contributed by atoms with E-state index in [-0.39, 0.29) is 17.3 Å². The summed E-state index contributed by atoms with van der Waals surface area (Å²) in [5, 5.41) is 3.64. The minimum atomic E-state index is -0.479. The van der Waals surface area contributed by atoms with Crippen molar-refractivity contribution in [3.8, 4) is 0 Å². The van der Waals surface area contributed by atoms with Crippen molar-refractivity contribution in [2.45, 2.75) is 77.5 Å². The molecule has 0 bridgehead atoms. The number of hydrogen-bond donors (Lipinski definition) is 2. The van der Waals surface area contributed by atoms with Gasteiger partial charge in [0.05, 0.1) is 0 Å². The molecule has 0 aromatic carbocycles. The molecule has 2 fully saturated rings. The van der Waals surface area contributed by atoms with Crippen LogP contribution in [0.5, 0.6) is 0 Å². The average Bonchev–Trinajstić information content (AvgIpc) is 2.41. The van der Waals surface area contributed by atoms with E-state index in [2.05, 4.69) is 52.3 Å². The summed E-state index contributed by atoms with van der Waals surface area (Å²) in [7, 11) is 0. The van der Waals surface area contributed by atoms with Crippen molar-refractivity contribution < 1.29 is 9.57 Å². The third-order valence-corrected chi connectivity index (χ3v) is 3.41. The molecule has 2 N–H and O–H groups in total. The fourth-order valence-corrected chi connectivity index (χ4v) is 3.29. The predicted molar refractivity (Wildman–Crippen MR) is 67.2 cm³/mol. The molecule has 2 rings (SSSR count). The average molecular weight is 242 g/mol. The van der Waals surface area contributed by atoms with Crippen LogP contribution in [0.1, 0.15) is 54.4 Å². The topological polar surface area (TPSA) is 42.5 Å². The molecule has 4 heteroatoms. The molecule has 4 nitrogen and oxygen atoms in total. The Balaban J connectivity index is 2.16. The monoisotopic (exact) mass is 242 g/mol. The molecule has 0 aromatic heterocycles. The lowest BCUT2D eigenvalue weighted by Gasteiger charge is -2.49. The molecule has 17 heavy (non-hydrogen) atoms. The summed E-state index contributed by atoms with van der Waals surface area (Å²) in [6.07, 6.45) is 1.72. The summed E-state index contributed by atoms with van der Waals surface area (Å²) in [5.74, 6) is -0.0665. The van der Waals surface area contributed by atoms with Crippen LogP contribution in [0.4, 0.5) is 0 Å². The highest BCUT2D eigenvalue weighted by atomic mass is 16.9. The van der Waals surface area contributed by atoms with Gasteiger partial charge in [0.2, 0.25) is 0 Å². The fourth-order valence-electron chi connectivity index (χ4n) is 3.29. The minimum Gasteiger partial charge on any atom is -0.328 e. The first-order chi connectivity index (χ1) is 7.63. The van der Waals surface area contributed by atoms with Crippen LogP contribution in [0.25, 0.3) is 0 Å². The fraction of sp³-hybridized carbons (Fsp3) is 1.00. The first-order valence-corrected chi connectivity index (χ1v) is 6.54. The van der Waals surface area contributed by atoms with Crippen molar-refractivity contribution in [1.29, 1.82) is 0 Å². The van der Waals surface area contributed by atoms with Gasteiger partial charge in [-0.3, -0.25) is 4.84 Å². The zero-order valence-electron chi connectivity index (χ0n) is 11.9. The van der Waals surface area contributed by atoms with E-state index in [1.807, 2.05) is 0 Å². The highest BCUT2D eigenvalue weighted by Crippen LogP contribution is 2.42. The summed E-state index contributed by atoms with van der Waals surface area (Å²) in [6.45, 7) is 13.1. The SMILES string of the molecule is CC(C)C1NOC2(CC(C)(C)NC(C)(C)C2)O1. The van der Waals surface area contributed by atoms with E-state index < -0.39 is 5.79 Å². The van der Waals surface area contributed by atoms with Crippen LogP contribution in [0.15, 0.2) is 0 Å². The number of nitrogens with one attached hydrogen (secondary N) is 2. The lowest BCUT2D eigenvalue weighted by Crippen LogP contribution is -2.64. The van der Waals surface area contributed by atoms with E-state index in [0.29, 0.717) is 5.92 Å². The Hall–Kier alpha value is -0.160. The third kappa shape index (κ3) is 2.81. The number of rotatable bonds is 1. The van der Waals surface area contributed by atoms with E-state index >= 15 is 0 Å².